The Hall–Kier alpha value is -4.03. The summed E-state index contributed by atoms with van der Waals surface area (Å²) in [5, 5.41) is 4.34. The summed E-state index contributed by atoms with van der Waals surface area (Å²) in [6, 6.07) is 13.3. The minimum absolute atomic E-state index is 0.0233. The number of hydrogen-bond donors (Lipinski definition) is 2. The summed E-state index contributed by atoms with van der Waals surface area (Å²) >= 11 is 0. The number of piperidine rings is 1. The standard InChI is InChI=1S/C27H29N7O4S/c1-39(36,37)24-23(15-38-20-11-18-8-9-19(12-20)33(18)27(29)35)32-26-21(14-31-34(26)25(24)28)17-7-10-22(30-13-17)16-5-3-2-4-6-16/h2-7,10,13-14,18-20H,8-9,11-12,15,28H2,1H3,(H2,29,35). The van der Waals surface area contributed by atoms with Gasteiger partial charge in [-0.15, -0.1) is 0 Å². The Morgan fingerprint density at radius 3 is 2.38 bits per heavy atom. The van der Waals surface area contributed by atoms with Gasteiger partial charge in [-0.2, -0.15) is 9.61 Å². The first-order valence-corrected chi connectivity index (χ1v) is 14.7. The number of carbonyl (C=O) groups is 1. The van der Waals surface area contributed by atoms with Crippen LogP contribution >= 0.6 is 0 Å². The predicted molar refractivity (Wildman–Crippen MR) is 145 cm³/mol. The molecule has 39 heavy (non-hydrogen) atoms. The Balaban J connectivity index is 1.32. The smallest absolute Gasteiger partial charge is 0.315 e. The molecule has 202 valence electrons. The summed E-state index contributed by atoms with van der Waals surface area (Å²) in [6.45, 7) is -0.0421. The Kier molecular flexibility index (Phi) is 6.23. The highest BCUT2D eigenvalue weighted by Gasteiger charge is 2.43. The maximum atomic E-state index is 12.8. The van der Waals surface area contributed by atoms with Crippen molar-refractivity contribution in [1.82, 2.24) is 24.5 Å². The average molecular weight is 548 g/mol. The number of anilines is 1. The predicted octanol–water partition coefficient (Wildman–Crippen LogP) is 3.03. The first-order valence-electron chi connectivity index (χ1n) is 12.8. The molecule has 2 amide bonds. The molecule has 5 heterocycles. The second-order valence-corrected chi connectivity index (χ2v) is 12.1. The second-order valence-electron chi connectivity index (χ2n) is 10.2. The molecule has 2 unspecified atom stereocenters. The molecule has 4 N–H and O–H groups in total. The second kappa shape index (κ2) is 9.62. The van der Waals surface area contributed by atoms with Crippen molar-refractivity contribution in [1.29, 1.82) is 0 Å². The molecule has 11 nitrogen and oxygen atoms in total. The van der Waals surface area contributed by atoms with Crippen LogP contribution in [0.3, 0.4) is 0 Å². The summed E-state index contributed by atoms with van der Waals surface area (Å²) in [4.78, 5) is 22.8. The molecule has 2 atom stereocenters. The fourth-order valence-corrected chi connectivity index (χ4v) is 6.91. The van der Waals surface area contributed by atoms with Gasteiger partial charge < -0.3 is 21.1 Å². The first-order chi connectivity index (χ1) is 18.7. The third kappa shape index (κ3) is 4.59. The fourth-order valence-electron chi connectivity index (χ4n) is 5.91. The molecule has 6 rings (SSSR count). The summed E-state index contributed by atoms with van der Waals surface area (Å²) in [7, 11) is -3.74. The van der Waals surface area contributed by atoms with E-state index in [0.29, 0.717) is 24.1 Å². The Morgan fingerprint density at radius 2 is 1.77 bits per heavy atom. The lowest BCUT2D eigenvalue weighted by Crippen LogP contribution is -2.50. The van der Waals surface area contributed by atoms with E-state index in [2.05, 4.69) is 10.1 Å². The van der Waals surface area contributed by atoms with E-state index in [1.54, 1.807) is 17.3 Å². The zero-order chi connectivity index (χ0) is 27.3. The highest BCUT2D eigenvalue weighted by molar-refractivity contribution is 7.91. The number of aromatic nitrogens is 4. The molecule has 12 heteroatoms. The van der Waals surface area contributed by atoms with Gasteiger partial charge in [0.1, 0.15) is 10.7 Å². The lowest BCUT2D eigenvalue weighted by atomic mass is 10.00. The summed E-state index contributed by atoms with van der Waals surface area (Å²) in [5.74, 6) is -0.0233. The third-order valence-electron chi connectivity index (χ3n) is 7.62. The van der Waals surface area contributed by atoms with Gasteiger partial charge in [0.25, 0.3) is 0 Å². The van der Waals surface area contributed by atoms with E-state index in [0.717, 1.165) is 35.9 Å². The number of amides is 2. The molecule has 2 bridgehead atoms. The Labute approximate surface area is 225 Å². The van der Waals surface area contributed by atoms with E-state index >= 15 is 0 Å². The number of nitrogen functional groups attached to an aromatic ring is 1. The minimum Gasteiger partial charge on any atom is -0.382 e. The van der Waals surface area contributed by atoms with Crippen LogP contribution in [0.15, 0.2) is 59.8 Å². The normalized spacial score (nSPS) is 20.9. The van der Waals surface area contributed by atoms with E-state index in [9.17, 15) is 13.2 Å². The first kappa shape index (κ1) is 25.3. The van der Waals surface area contributed by atoms with Gasteiger partial charge >= 0.3 is 6.03 Å². The van der Waals surface area contributed by atoms with Crippen LogP contribution in [-0.2, 0) is 21.2 Å². The topological polar surface area (TPSA) is 159 Å². The van der Waals surface area contributed by atoms with E-state index < -0.39 is 15.9 Å². The van der Waals surface area contributed by atoms with Gasteiger partial charge in [-0.1, -0.05) is 36.4 Å². The number of hydrogen-bond acceptors (Lipinski definition) is 8. The number of nitrogens with two attached hydrogens (primary N) is 2. The molecule has 0 saturated carbocycles. The van der Waals surface area contributed by atoms with Crippen LogP contribution in [0.1, 0.15) is 31.4 Å². The molecular formula is C27H29N7O4S. The fraction of sp³-hybridized carbons (Fsp3) is 0.333. The van der Waals surface area contributed by atoms with Crippen molar-refractivity contribution in [3.8, 4) is 22.4 Å². The van der Waals surface area contributed by atoms with Crippen LogP contribution < -0.4 is 11.5 Å². The molecule has 0 aliphatic carbocycles. The number of sulfone groups is 1. The summed E-state index contributed by atoms with van der Waals surface area (Å²) in [6.07, 6.45) is 7.34. The Morgan fingerprint density at radius 1 is 1.05 bits per heavy atom. The lowest BCUT2D eigenvalue weighted by Gasteiger charge is -2.37. The van der Waals surface area contributed by atoms with E-state index in [1.807, 2.05) is 42.5 Å². The zero-order valence-electron chi connectivity index (χ0n) is 21.4. The van der Waals surface area contributed by atoms with Gasteiger partial charge in [-0.25, -0.2) is 18.2 Å². The molecule has 1 aromatic carbocycles. The maximum absolute atomic E-state index is 12.8. The average Bonchev–Trinajstić information content (AvgIpc) is 3.46. The molecule has 0 radical (unpaired) electrons. The number of fused-ring (bicyclic) bond motifs is 3. The zero-order valence-corrected chi connectivity index (χ0v) is 22.2. The highest BCUT2D eigenvalue weighted by Crippen LogP contribution is 2.37. The molecule has 3 aromatic heterocycles. The van der Waals surface area contributed by atoms with Crippen molar-refractivity contribution >= 4 is 27.3 Å². The molecule has 2 aliphatic heterocycles. The lowest BCUT2D eigenvalue weighted by molar-refractivity contribution is -0.0179. The molecule has 2 fully saturated rings. The molecule has 2 aliphatic rings. The quantitative estimate of drug-likeness (QED) is 0.373. The van der Waals surface area contributed by atoms with Crippen LogP contribution in [0.5, 0.6) is 0 Å². The molecule has 2 saturated heterocycles. The number of primary amides is 1. The van der Waals surface area contributed by atoms with E-state index in [-0.39, 0.29) is 41.2 Å². The number of rotatable bonds is 6. The van der Waals surface area contributed by atoms with E-state index in [1.165, 1.54) is 4.52 Å². The maximum Gasteiger partial charge on any atom is 0.315 e. The van der Waals surface area contributed by atoms with Gasteiger partial charge in [0.15, 0.2) is 15.5 Å². The van der Waals surface area contributed by atoms with E-state index in [4.69, 9.17) is 21.2 Å². The molecule has 0 spiro atoms. The Bertz CT molecular complexity index is 1640. The molecular weight excluding hydrogens is 518 g/mol. The minimum atomic E-state index is -3.74. The number of ether oxygens (including phenoxy) is 1. The van der Waals surface area contributed by atoms with Crippen molar-refractivity contribution in [2.24, 2.45) is 5.73 Å². The van der Waals surface area contributed by atoms with Crippen molar-refractivity contribution in [3.63, 3.8) is 0 Å². The van der Waals surface area contributed by atoms with Crippen molar-refractivity contribution in [2.45, 2.75) is 55.4 Å². The number of pyridine rings is 1. The van der Waals surface area contributed by atoms with Gasteiger partial charge in [-0.3, -0.25) is 4.98 Å². The highest BCUT2D eigenvalue weighted by atomic mass is 32.2. The number of urea groups is 1. The monoisotopic (exact) mass is 547 g/mol. The van der Waals surface area contributed by atoms with Crippen LogP contribution in [0, 0.1) is 0 Å². The van der Waals surface area contributed by atoms with Gasteiger partial charge in [0, 0.05) is 41.2 Å². The van der Waals surface area contributed by atoms with Crippen molar-refractivity contribution in [3.05, 3.63) is 60.6 Å². The number of carbonyl (C=O) groups excluding carboxylic acids is 1. The van der Waals surface area contributed by atoms with Crippen LogP contribution in [0.4, 0.5) is 10.6 Å². The van der Waals surface area contributed by atoms with Gasteiger partial charge in [0.2, 0.25) is 0 Å². The summed E-state index contributed by atoms with van der Waals surface area (Å²) < 4.78 is 33.1. The van der Waals surface area contributed by atoms with Crippen molar-refractivity contribution < 1.29 is 17.9 Å². The van der Waals surface area contributed by atoms with Crippen LogP contribution in [0.25, 0.3) is 28.0 Å². The van der Waals surface area contributed by atoms with Crippen LogP contribution in [0.2, 0.25) is 0 Å². The summed E-state index contributed by atoms with van der Waals surface area (Å²) in [5.41, 5.74) is 15.8. The molecule has 4 aromatic rings. The third-order valence-corrected chi connectivity index (χ3v) is 8.81. The SMILES string of the molecule is CS(=O)(=O)c1c(COC2CC3CCC(C2)N3C(N)=O)nc2c(-c3ccc(-c4ccccc4)nc3)cnn2c1N. The van der Waals surface area contributed by atoms with Crippen LogP contribution in [-0.4, -0.2) is 63.4 Å². The van der Waals surface area contributed by atoms with Gasteiger partial charge in [0.05, 0.1) is 30.3 Å². The van der Waals surface area contributed by atoms with Gasteiger partial charge in [-0.05, 0) is 31.7 Å². The number of benzene rings is 1. The largest absolute Gasteiger partial charge is 0.382 e. The van der Waals surface area contributed by atoms with Crippen molar-refractivity contribution in [2.75, 3.05) is 12.0 Å². The number of nitrogens with zero attached hydrogens (tertiary/aromatic N) is 5.